The number of hydrogen-bond acceptors (Lipinski definition) is 2. The third-order valence-electron chi connectivity index (χ3n) is 4.46. The summed E-state index contributed by atoms with van der Waals surface area (Å²) < 4.78 is 1.95. The summed E-state index contributed by atoms with van der Waals surface area (Å²) in [5.74, 6) is 1.26. The molecule has 0 saturated heterocycles. The van der Waals surface area contributed by atoms with E-state index in [0.717, 1.165) is 48.6 Å². The molecule has 1 aliphatic rings. The normalized spacial score (nSPS) is 23.3. The highest BCUT2D eigenvalue weighted by Gasteiger charge is 2.30. The number of nitrogens with zero attached hydrogens (tertiary/aromatic N) is 2. The predicted octanol–water partition coefficient (Wildman–Crippen LogP) is 4.19. The van der Waals surface area contributed by atoms with Gasteiger partial charge in [-0.05, 0) is 32.6 Å². The first-order valence-electron chi connectivity index (χ1n) is 7.81. The number of carbonyl (C=O) groups is 1. The van der Waals surface area contributed by atoms with Crippen molar-refractivity contribution in [3.8, 4) is 0 Å². The van der Waals surface area contributed by atoms with Crippen molar-refractivity contribution in [2.24, 2.45) is 11.8 Å². The Hall–Kier alpha value is -0.830. The smallest absolute Gasteiger partial charge is 0.136 e. The molecule has 0 aliphatic heterocycles. The Balaban J connectivity index is 2.13. The highest BCUT2D eigenvalue weighted by Crippen LogP contribution is 2.33. The molecule has 2 unspecified atom stereocenters. The maximum atomic E-state index is 12.2. The van der Waals surface area contributed by atoms with Gasteiger partial charge < -0.3 is 0 Å². The highest BCUT2D eigenvalue weighted by atomic mass is 35.5. The van der Waals surface area contributed by atoms with Crippen LogP contribution in [0.2, 0.25) is 5.02 Å². The van der Waals surface area contributed by atoms with Crippen molar-refractivity contribution in [1.29, 1.82) is 0 Å². The minimum atomic E-state index is 0.138. The molecule has 20 heavy (non-hydrogen) atoms. The van der Waals surface area contributed by atoms with E-state index in [0.29, 0.717) is 11.7 Å². The zero-order chi connectivity index (χ0) is 14.7. The third kappa shape index (κ3) is 3.25. The number of halogens is 1. The summed E-state index contributed by atoms with van der Waals surface area (Å²) in [6.07, 6.45) is 6.04. The molecule has 2 rings (SSSR count). The maximum Gasteiger partial charge on any atom is 0.136 e. The van der Waals surface area contributed by atoms with E-state index in [-0.39, 0.29) is 5.92 Å². The van der Waals surface area contributed by atoms with Crippen molar-refractivity contribution in [3.63, 3.8) is 0 Å². The number of carbonyl (C=O) groups excluding carboxylic acids is 1. The average Bonchev–Trinajstić information content (AvgIpc) is 2.70. The second-order valence-corrected chi connectivity index (χ2v) is 6.34. The molecular formula is C16H25ClN2O. The molecule has 1 saturated carbocycles. The minimum absolute atomic E-state index is 0.138. The van der Waals surface area contributed by atoms with Crippen molar-refractivity contribution in [1.82, 2.24) is 9.78 Å². The molecule has 1 aliphatic carbocycles. The van der Waals surface area contributed by atoms with E-state index in [2.05, 4.69) is 18.9 Å². The summed E-state index contributed by atoms with van der Waals surface area (Å²) in [4.78, 5) is 12.2. The summed E-state index contributed by atoms with van der Waals surface area (Å²) >= 11 is 6.36. The van der Waals surface area contributed by atoms with Crippen molar-refractivity contribution >= 4 is 17.4 Å². The van der Waals surface area contributed by atoms with Gasteiger partial charge in [0.05, 0.1) is 16.4 Å². The van der Waals surface area contributed by atoms with Crippen molar-refractivity contribution in [3.05, 3.63) is 16.4 Å². The second kappa shape index (κ2) is 6.75. The molecule has 1 heterocycles. The summed E-state index contributed by atoms with van der Waals surface area (Å²) in [5.41, 5.74) is 1.92. The van der Waals surface area contributed by atoms with Gasteiger partial charge >= 0.3 is 0 Å². The van der Waals surface area contributed by atoms with Crippen molar-refractivity contribution < 1.29 is 4.79 Å². The summed E-state index contributed by atoms with van der Waals surface area (Å²) in [7, 11) is 0. The Morgan fingerprint density at radius 3 is 2.80 bits per heavy atom. The number of ketones is 1. The summed E-state index contributed by atoms with van der Waals surface area (Å²) in [5, 5.41) is 5.20. The lowest BCUT2D eigenvalue weighted by Crippen LogP contribution is -2.27. The van der Waals surface area contributed by atoms with Crippen LogP contribution in [0.1, 0.15) is 57.3 Å². The van der Waals surface area contributed by atoms with E-state index >= 15 is 0 Å². The van der Waals surface area contributed by atoms with Crippen LogP contribution < -0.4 is 0 Å². The number of hydrogen-bond donors (Lipinski definition) is 0. The molecule has 112 valence electrons. The van der Waals surface area contributed by atoms with Gasteiger partial charge in [0.2, 0.25) is 0 Å². The van der Waals surface area contributed by atoms with Crippen LogP contribution in [0.3, 0.4) is 0 Å². The lowest BCUT2D eigenvalue weighted by Gasteiger charge is -2.28. The van der Waals surface area contributed by atoms with Gasteiger partial charge in [0.15, 0.2) is 0 Å². The van der Waals surface area contributed by atoms with Crippen LogP contribution >= 0.6 is 11.6 Å². The minimum Gasteiger partial charge on any atom is -0.299 e. The van der Waals surface area contributed by atoms with E-state index in [9.17, 15) is 4.79 Å². The SMILES string of the molecule is CCCC1CCC(=O)C(Cc2c(Cl)c(C)nn2CC)C1. The molecule has 0 bridgehead atoms. The largest absolute Gasteiger partial charge is 0.299 e. The summed E-state index contributed by atoms with van der Waals surface area (Å²) in [6, 6.07) is 0. The fourth-order valence-electron chi connectivity index (χ4n) is 3.37. The Bertz CT molecular complexity index is 481. The molecule has 0 spiro atoms. The van der Waals surface area contributed by atoms with Crippen molar-refractivity contribution in [2.45, 2.75) is 65.8 Å². The molecule has 0 aromatic carbocycles. The molecule has 0 radical (unpaired) electrons. The molecular weight excluding hydrogens is 272 g/mol. The molecule has 0 amide bonds. The van der Waals surface area contributed by atoms with Gasteiger partial charge in [0, 0.05) is 25.3 Å². The fraction of sp³-hybridized carbons (Fsp3) is 0.750. The monoisotopic (exact) mass is 296 g/mol. The number of Topliss-reactive ketones (excluding diaryl/α,β-unsaturated/α-hetero) is 1. The Morgan fingerprint density at radius 1 is 1.40 bits per heavy atom. The number of aryl methyl sites for hydroxylation is 2. The van der Waals surface area contributed by atoms with Gasteiger partial charge in [-0.1, -0.05) is 31.4 Å². The summed E-state index contributed by atoms with van der Waals surface area (Å²) in [6.45, 7) is 7.02. The first-order valence-corrected chi connectivity index (χ1v) is 8.19. The van der Waals surface area contributed by atoms with Crippen LogP contribution in [-0.2, 0) is 17.8 Å². The van der Waals surface area contributed by atoms with E-state index in [1.165, 1.54) is 12.8 Å². The molecule has 1 fully saturated rings. The maximum absolute atomic E-state index is 12.2. The Kier molecular flexibility index (Phi) is 5.25. The first-order chi connectivity index (χ1) is 9.56. The lowest BCUT2D eigenvalue weighted by molar-refractivity contribution is -0.125. The quantitative estimate of drug-likeness (QED) is 0.816. The lowest BCUT2D eigenvalue weighted by atomic mass is 9.77. The Labute approximate surface area is 126 Å². The van der Waals surface area contributed by atoms with Crippen LogP contribution in [-0.4, -0.2) is 15.6 Å². The molecule has 1 aromatic rings. The van der Waals surface area contributed by atoms with E-state index in [4.69, 9.17) is 11.6 Å². The van der Waals surface area contributed by atoms with Crippen LogP contribution in [0, 0.1) is 18.8 Å². The van der Waals surface area contributed by atoms with Gasteiger partial charge in [-0.15, -0.1) is 0 Å². The zero-order valence-corrected chi connectivity index (χ0v) is 13.5. The van der Waals surface area contributed by atoms with Gasteiger partial charge in [0.1, 0.15) is 5.78 Å². The van der Waals surface area contributed by atoms with Crippen LogP contribution in [0.4, 0.5) is 0 Å². The van der Waals surface area contributed by atoms with E-state index in [1.807, 2.05) is 11.6 Å². The third-order valence-corrected chi connectivity index (χ3v) is 4.95. The van der Waals surface area contributed by atoms with Gasteiger partial charge in [0.25, 0.3) is 0 Å². The molecule has 0 N–H and O–H groups in total. The topological polar surface area (TPSA) is 34.9 Å². The Morgan fingerprint density at radius 2 is 2.15 bits per heavy atom. The average molecular weight is 297 g/mol. The van der Waals surface area contributed by atoms with Gasteiger partial charge in [-0.3, -0.25) is 9.48 Å². The van der Waals surface area contributed by atoms with Gasteiger partial charge in [-0.2, -0.15) is 5.10 Å². The van der Waals surface area contributed by atoms with Gasteiger partial charge in [-0.25, -0.2) is 0 Å². The second-order valence-electron chi connectivity index (χ2n) is 5.96. The number of rotatable bonds is 5. The van der Waals surface area contributed by atoms with Crippen LogP contribution in [0.15, 0.2) is 0 Å². The first kappa shape index (κ1) is 15.6. The van der Waals surface area contributed by atoms with Crippen LogP contribution in [0.5, 0.6) is 0 Å². The molecule has 2 atom stereocenters. The molecule has 4 heteroatoms. The number of aromatic nitrogens is 2. The molecule has 3 nitrogen and oxygen atoms in total. The highest BCUT2D eigenvalue weighted by molar-refractivity contribution is 6.31. The van der Waals surface area contributed by atoms with E-state index in [1.54, 1.807) is 0 Å². The molecule has 1 aromatic heterocycles. The predicted molar refractivity (Wildman–Crippen MR) is 82.1 cm³/mol. The van der Waals surface area contributed by atoms with Crippen molar-refractivity contribution in [2.75, 3.05) is 0 Å². The van der Waals surface area contributed by atoms with E-state index < -0.39 is 0 Å². The standard InChI is InChI=1S/C16H25ClN2O/c1-4-6-12-7-8-15(20)13(9-12)10-14-16(17)11(3)18-19(14)5-2/h12-13H,4-10H2,1-3H3. The zero-order valence-electron chi connectivity index (χ0n) is 12.8. The van der Waals surface area contributed by atoms with Crippen LogP contribution in [0.25, 0.3) is 0 Å². The fourth-order valence-corrected chi connectivity index (χ4v) is 3.58.